The van der Waals surface area contributed by atoms with E-state index in [0.29, 0.717) is 19.3 Å². The van der Waals surface area contributed by atoms with E-state index in [1.165, 1.54) is 83.5 Å². The Morgan fingerprint density at radius 1 is 0.328 bits per heavy atom. The minimum absolute atomic E-state index is 0.0961. The van der Waals surface area contributed by atoms with Gasteiger partial charge in [0.25, 0.3) is 0 Å². The van der Waals surface area contributed by atoms with Crippen molar-refractivity contribution < 1.29 is 28.6 Å². The number of allylic oxidation sites excluding steroid dienone is 14. The van der Waals surface area contributed by atoms with Crippen LogP contribution in [0.15, 0.2) is 85.1 Å². The zero-order valence-electron chi connectivity index (χ0n) is 39.7. The number of carbonyl (C=O) groups is 3. The van der Waals surface area contributed by atoms with Crippen molar-refractivity contribution in [2.45, 2.75) is 232 Å². The number of unbranched alkanes of at least 4 members (excludes halogenated alkanes) is 23. The Morgan fingerprint density at radius 3 is 1.08 bits per heavy atom. The molecular weight excluding hydrogens is 757 g/mol. The van der Waals surface area contributed by atoms with Crippen molar-refractivity contribution in [3.8, 4) is 0 Å². The summed E-state index contributed by atoms with van der Waals surface area (Å²) < 4.78 is 16.7. The predicted octanol–water partition coefficient (Wildman–Crippen LogP) is 16.4. The molecule has 1 unspecified atom stereocenters. The van der Waals surface area contributed by atoms with E-state index >= 15 is 0 Å². The predicted molar refractivity (Wildman–Crippen MR) is 261 cm³/mol. The molecule has 0 saturated heterocycles. The lowest BCUT2D eigenvalue weighted by Gasteiger charge is -2.18. The van der Waals surface area contributed by atoms with E-state index in [1.807, 2.05) is 24.3 Å². The molecule has 1 atom stereocenters. The van der Waals surface area contributed by atoms with E-state index in [9.17, 15) is 14.4 Å². The van der Waals surface area contributed by atoms with E-state index in [1.54, 1.807) is 0 Å². The van der Waals surface area contributed by atoms with Crippen LogP contribution in [-0.2, 0) is 28.6 Å². The highest BCUT2D eigenvalue weighted by Gasteiger charge is 2.19. The summed E-state index contributed by atoms with van der Waals surface area (Å²) in [6.45, 7) is 6.46. The van der Waals surface area contributed by atoms with Crippen LogP contribution in [0.3, 0.4) is 0 Å². The van der Waals surface area contributed by atoms with Gasteiger partial charge in [-0.3, -0.25) is 14.4 Å². The monoisotopic (exact) mass is 849 g/mol. The first-order valence-electron chi connectivity index (χ1n) is 25.2. The van der Waals surface area contributed by atoms with E-state index in [4.69, 9.17) is 14.2 Å². The van der Waals surface area contributed by atoms with Crippen molar-refractivity contribution in [1.82, 2.24) is 0 Å². The van der Waals surface area contributed by atoms with E-state index in [0.717, 1.165) is 103 Å². The first kappa shape index (κ1) is 57.6. The minimum Gasteiger partial charge on any atom is -0.462 e. The van der Waals surface area contributed by atoms with Crippen LogP contribution in [0.4, 0.5) is 0 Å². The fraction of sp³-hybridized carbons (Fsp3) is 0.691. The van der Waals surface area contributed by atoms with E-state index in [-0.39, 0.29) is 31.1 Å². The lowest BCUT2D eigenvalue weighted by atomic mass is 10.1. The average Bonchev–Trinajstić information content (AvgIpc) is 3.26. The van der Waals surface area contributed by atoms with Crippen LogP contribution < -0.4 is 0 Å². The summed E-state index contributed by atoms with van der Waals surface area (Å²) >= 11 is 0. The zero-order chi connectivity index (χ0) is 44.4. The van der Waals surface area contributed by atoms with Gasteiger partial charge < -0.3 is 14.2 Å². The zero-order valence-corrected chi connectivity index (χ0v) is 39.7. The van der Waals surface area contributed by atoms with Gasteiger partial charge >= 0.3 is 17.9 Å². The molecule has 0 rings (SSSR count). The molecule has 0 fully saturated rings. The number of hydrogen-bond acceptors (Lipinski definition) is 6. The molecule has 0 aromatic rings. The van der Waals surface area contributed by atoms with Gasteiger partial charge in [-0.15, -0.1) is 0 Å². The average molecular weight is 849 g/mol. The topological polar surface area (TPSA) is 78.9 Å². The molecule has 0 aliphatic heterocycles. The molecule has 0 bridgehead atoms. The van der Waals surface area contributed by atoms with E-state index < -0.39 is 6.10 Å². The summed E-state index contributed by atoms with van der Waals surface area (Å²) in [4.78, 5) is 37.9. The summed E-state index contributed by atoms with van der Waals surface area (Å²) in [6.07, 6.45) is 62.7. The van der Waals surface area contributed by atoms with Gasteiger partial charge in [0.15, 0.2) is 6.10 Å². The number of esters is 3. The number of hydrogen-bond donors (Lipinski definition) is 0. The summed E-state index contributed by atoms with van der Waals surface area (Å²) in [5.74, 6) is -0.949. The second kappa shape index (κ2) is 49.2. The molecule has 0 aromatic heterocycles. The van der Waals surface area contributed by atoms with Gasteiger partial charge in [-0.25, -0.2) is 0 Å². The Hall–Kier alpha value is -3.41. The minimum atomic E-state index is -0.797. The molecule has 6 nitrogen and oxygen atoms in total. The van der Waals surface area contributed by atoms with Gasteiger partial charge in [-0.05, 0) is 89.9 Å². The third-order valence-electron chi connectivity index (χ3n) is 10.5. The Bertz CT molecular complexity index is 1200. The van der Waals surface area contributed by atoms with Crippen molar-refractivity contribution in [3.63, 3.8) is 0 Å². The summed E-state index contributed by atoms with van der Waals surface area (Å²) in [6, 6.07) is 0. The second-order valence-corrected chi connectivity index (χ2v) is 16.5. The van der Waals surface area contributed by atoms with Crippen LogP contribution in [0.2, 0.25) is 0 Å². The second-order valence-electron chi connectivity index (χ2n) is 16.5. The quantitative estimate of drug-likeness (QED) is 0.0200. The summed E-state index contributed by atoms with van der Waals surface area (Å²) in [5.41, 5.74) is 0. The van der Waals surface area contributed by atoms with Crippen molar-refractivity contribution in [2.24, 2.45) is 0 Å². The van der Waals surface area contributed by atoms with Gasteiger partial charge in [0, 0.05) is 19.3 Å². The molecule has 0 aliphatic carbocycles. The third-order valence-corrected chi connectivity index (χ3v) is 10.5. The largest absolute Gasteiger partial charge is 0.462 e. The molecule has 0 saturated carbocycles. The maximum Gasteiger partial charge on any atom is 0.306 e. The number of carbonyl (C=O) groups excluding carboxylic acids is 3. The SMILES string of the molecule is CCC\C=C/C=C\C=C/C=C\C=C/CCCCCCCC(=O)OCC(COC(=O)CCCCCCC/C=C\CCCCC)OC(=O)CCCCC/C=C\CCCCCCCC. The van der Waals surface area contributed by atoms with E-state index in [2.05, 4.69) is 81.5 Å². The molecule has 61 heavy (non-hydrogen) atoms. The smallest absolute Gasteiger partial charge is 0.306 e. The Morgan fingerprint density at radius 2 is 0.639 bits per heavy atom. The number of ether oxygens (including phenoxy) is 3. The van der Waals surface area contributed by atoms with Crippen molar-refractivity contribution in [3.05, 3.63) is 85.1 Å². The highest BCUT2D eigenvalue weighted by atomic mass is 16.6. The molecule has 348 valence electrons. The molecule has 0 heterocycles. The highest BCUT2D eigenvalue weighted by Crippen LogP contribution is 2.13. The summed E-state index contributed by atoms with van der Waals surface area (Å²) in [7, 11) is 0. The molecule has 0 N–H and O–H groups in total. The van der Waals surface area contributed by atoms with Crippen molar-refractivity contribution in [1.29, 1.82) is 0 Å². The standard InChI is InChI=1S/C55H92O6/c1-4-7-10-13-16-19-22-25-26-27-28-29-31-33-36-39-42-45-48-54(57)60-51-52(50-59-53(56)47-44-41-38-35-32-24-21-18-15-12-9-6-3)61-55(58)49-46-43-40-37-34-30-23-20-17-14-11-8-5-2/h10,13,16,18-19,21-22,25-30,34,52H,4-9,11-12,14-15,17,20,23-24,31-33,35-51H2,1-3H3/b13-10-,19-16-,21-18-,25-22-,27-26-,29-28-,34-30-. The lowest BCUT2D eigenvalue weighted by Crippen LogP contribution is -2.30. The van der Waals surface area contributed by atoms with Crippen LogP contribution in [-0.4, -0.2) is 37.2 Å². The molecule has 0 aromatic carbocycles. The van der Waals surface area contributed by atoms with Crippen molar-refractivity contribution in [2.75, 3.05) is 13.2 Å². The summed E-state index contributed by atoms with van der Waals surface area (Å²) in [5, 5.41) is 0. The van der Waals surface area contributed by atoms with Crippen molar-refractivity contribution >= 4 is 17.9 Å². The third kappa shape index (κ3) is 47.5. The van der Waals surface area contributed by atoms with Crippen LogP contribution >= 0.6 is 0 Å². The van der Waals surface area contributed by atoms with Crippen LogP contribution in [0.5, 0.6) is 0 Å². The molecule has 0 spiro atoms. The van der Waals surface area contributed by atoms with Crippen LogP contribution in [0.1, 0.15) is 226 Å². The maximum atomic E-state index is 12.8. The van der Waals surface area contributed by atoms with Crippen LogP contribution in [0, 0.1) is 0 Å². The Kier molecular flexibility index (Phi) is 46.5. The normalized spacial score (nSPS) is 12.8. The Labute approximate surface area is 375 Å². The van der Waals surface area contributed by atoms with Gasteiger partial charge in [0.2, 0.25) is 0 Å². The first-order valence-corrected chi connectivity index (χ1v) is 25.2. The van der Waals surface area contributed by atoms with Gasteiger partial charge in [0.1, 0.15) is 13.2 Å². The lowest BCUT2D eigenvalue weighted by molar-refractivity contribution is -0.167. The first-order chi connectivity index (χ1) is 30.0. The number of rotatable bonds is 44. The van der Waals surface area contributed by atoms with Gasteiger partial charge in [-0.1, -0.05) is 202 Å². The molecule has 0 amide bonds. The Balaban J connectivity index is 4.47. The fourth-order valence-corrected chi connectivity index (χ4v) is 6.64. The van der Waals surface area contributed by atoms with Gasteiger partial charge in [0.05, 0.1) is 0 Å². The molecule has 0 aliphatic rings. The fourth-order valence-electron chi connectivity index (χ4n) is 6.64. The highest BCUT2D eigenvalue weighted by molar-refractivity contribution is 5.71. The van der Waals surface area contributed by atoms with Crippen LogP contribution in [0.25, 0.3) is 0 Å². The maximum absolute atomic E-state index is 12.8. The van der Waals surface area contributed by atoms with Gasteiger partial charge in [-0.2, -0.15) is 0 Å². The molecule has 6 heteroatoms. The molecular formula is C55H92O6. The molecule has 0 radical (unpaired) electrons.